The first-order chi connectivity index (χ1) is 8.49. The molecule has 0 bridgehead atoms. The van der Waals surface area contributed by atoms with Crippen LogP contribution >= 0.6 is 0 Å². The summed E-state index contributed by atoms with van der Waals surface area (Å²) in [6.45, 7) is 4.91. The van der Waals surface area contributed by atoms with Crippen LogP contribution in [-0.2, 0) is 7.05 Å². The van der Waals surface area contributed by atoms with Crippen LogP contribution in [0.3, 0.4) is 0 Å². The molecule has 2 rings (SSSR count). The molecule has 0 aromatic carbocycles. The van der Waals surface area contributed by atoms with Gasteiger partial charge >= 0.3 is 6.03 Å². The van der Waals surface area contributed by atoms with Crippen LogP contribution in [0.25, 0.3) is 0 Å². The summed E-state index contributed by atoms with van der Waals surface area (Å²) in [5.41, 5.74) is 8.91. The molecule has 0 spiro atoms. The number of primary amides is 1. The number of aromatic nitrogens is 2. The van der Waals surface area contributed by atoms with Crippen molar-refractivity contribution >= 4 is 6.03 Å². The average Bonchev–Trinajstić information content (AvgIpc) is 2.83. The van der Waals surface area contributed by atoms with Gasteiger partial charge in [-0.05, 0) is 50.5 Å². The van der Waals surface area contributed by atoms with Crippen molar-refractivity contribution in [3.8, 4) is 0 Å². The third kappa shape index (κ3) is 2.49. The van der Waals surface area contributed by atoms with Gasteiger partial charge in [0.05, 0.1) is 5.69 Å². The zero-order chi connectivity index (χ0) is 13.3. The smallest absolute Gasteiger partial charge is 0.312 e. The minimum Gasteiger partial charge on any atom is -0.352 e. The second-order valence-electron chi connectivity index (χ2n) is 5.33. The van der Waals surface area contributed by atoms with E-state index >= 15 is 0 Å². The SMILES string of the molecule is Cc1nn(C)c(C)c1C1CCC(CNC(N)=O)C1. The Labute approximate surface area is 108 Å². The average molecular weight is 250 g/mol. The third-order valence-electron chi connectivity index (χ3n) is 4.08. The van der Waals surface area contributed by atoms with E-state index in [0.717, 1.165) is 18.5 Å². The second-order valence-corrected chi connectivity index (χ2v) is 5.33. The molecule has 5 nitrogen and oxygen atoms in total. The maximum absolute atomic E-state index is 10.7. The number of nitrogens with two attached hydrogens (primary N) is 1. The molecule has 1 aliphatic carbocycles. The highest BCUT2D eigenvalue weighted by atomic mass is 16.2. The van der Waals surface area contributed by atoms with Crippen molar-refractivity contribution in [1.82, 2.24) is 15.1 Å². The molecule has 1 aliphatic rings. The molecule has 2 unspecified atom stereocenters. The molecule has 1 aromatic rings. The number of carbonyl (C=O) groups excluding carboxylic acids is 1. The fourth-order valence-electron chi connectivity index (χ4n) is 3.15. The van der Waals surface area contributed by atoms with Gasteiger partial charge in [-0.15, -0.1) is 0 Å². The number of hydrogen-bond donors (Lipinski definition) is 2. The van der Waals surface area contributed by atoms with Crippen LogP contribution in [0.2, 0.25) is 0 Å². The molecule has 2 atom stereocenters. The predicted molar refractivity (Wildman–Crippen MR) is 70.4 cm³/mol. The van der Waals surface area contributed by atoms with E-state index in [2.05, 4.69) is 24.3 Å². The van der Waals surface area contributed by atoms with E-state index in [1.54, 1.807) is 0 Å². The highest BCUT2D eigenvalue weighted by Crippen LogP contribution is 2.40. The molecule has 1 fully saturated rings. The van der Waals surface area contributed by atoms with Crippen LogP contribution in [-0.4, -0.2) is 22.4 Å². The Bertz CT molecular complexity index is 452. The van der Waals surface area contributed by atoms with Gasteiger partial charge in [-0.3, -0.25) is 4.68 Å². The number of nitrogens with zero attached hydrogens (tertiary/aromatic N) is 2. The van der Waals surface area contributed by atoms with Crippen molar-refractivity contribution in [2.75, 3.05) is 6.54 Å². The Balaban J connectivity index is 2.02. The molecular formula is C13H22N4O. The van der Waals surface area contributed by atoms with Gasteiger partial charge in [-0.1, -0.05) is 0 Å². The summed E-state index contributed by atoms with van der Waals surface area (Å²) in [6, 6.07) is -0.424. The molecule has 3 N–H and O–H groups in total. The maximum Gasteiger partial charge on any atom is 0.312 e. The maximum atomic E-state index is 10.7. The summed E-state index contributed by atoms with van der Waals surface area (Å²) >= 11 is 0. The Morgan fingerprint density at radius 3 is 2.78 bits per heavy atom. The summed E-state index contributed by atoms with van der Waals surface area (Å²) in [6.07, 6.45) is 3.45. The summed E-state index contributed by atoms with van der Waals surface area (Å²) in [7, 11) is 1.99. The quantitative estimate of drug-likeness (QED) is 0.855. The van der Waals surface area contributed by atoms with Gasteiger partial charge in [0.25, 0.3) is 0 Å². The van der Waals surface area contributed by atoms with E-state index in [9.17, 15) is 4.79 Å². The van der Waals surface area contributed by atoms with Crippen molar-refractivity contribution in [2.24, 2.45) is 18.7 Å². The number of hydrogen-bond acceptors (Lipinski definition) is 2. The van der Waals surface area contributed by atoms with Crippen molar-refractivity contribution < 1.29 is 4.79 Å². The van der Waals surface area contributed by atoms with Crippen molar-refractivity contribution in [2.45, 2.75) is 39.0 Å². The van der Waals surface area contributed by atoms with E-state index in [-0.39, 0.29) is 0 Å². The largest absolute Gasteiger partial charge is 0.352 e. The summed E-state index contributed by atoms with van der Waals surface area (Å²) in [5.74, 6) is 1.12. The molecule has 100 valence electrons. The van der Waals surface area contributed by atoms with Gasteiger partial charge in [-0.2, -0.15) is 5.10 Å². The van der Waals surface area contributed by atoms with Crippen LogP contribution in [0.15, 0.2) is 0 Å². The minimum atomic E-state index is -0.424. The second kappa shape index (κ2) is 5.00. The van der Waals surface area contributed by atoms with Crippen molar-refractivity contribution in [1.29, 1.82) is 0 Å². The minimum absolute atomic E-state index is 0.424. The number of aryl methyl sites for hydroxylation is 2. The summed E-state index contributed by atoms with van der Waals surface area (Å²) < 4.78 is 1.96. The van der Waals surface area contributed by atoms with Gasteiger partial charge in [0, 0.05) is 19.3 Å². The number of carbonyl (C=O) groups is 1. The molecule has 5 heteroatoms. The lowest BCUT2D eigenvalue weighted by atomic mass is 9.94. The molecular weight excluding hydrogens is 228 g/mol. The third-order valence-corrected chi connectivity index (χ3v) is 4.08. The molecule has 1 heterocycles. The number of nitrogens with one attached hydrogen (secondary N) is 1. The Kier molecular flexibility index (Phi) is 3.59. The first-order valence-corrected chi connectivity index (χ1v) is 6.52. The number of amides is 2. The molecule has 1 aromatic heterocycles. The van der Waals surface area contributed by atoms with E-state index in [4.69, 9.17) is 5.73 Å². The highest BCUT2D eigenvalue weighted by molar-refractivity contribution is 5.71. The summed E-state index contributed by atoms with van der Waals surface area (Å²) in [4.78, 5) is 10.7. The van der Waals surface area contributed by atoms with Crippen molar-refractivity contribution in [3.63, 3.8) is 0 Å². The molecule has 1 saturated carbocycles. The molecule has 18 heavy (non-hydrogen) atoms. The zero-order valence-electron chi connectivity index (χ0n) is 11.4. The molecule has 0 aliphatic heterocycles. The lowest BCUT2D eigenvalue weighted by molar-refractivity contribution is 0.247. The molecule has 0 saturated heterocycles. The van der Waals surface area contributed by atoms with E-state index in [1.165, 1.54) is 17.7 Å². The van der Waals surface area contributed by atoms with Gasteiger partial charge in [0.1, 0.15) is 0 Å². The lowest BCUT2D eigenvalue weighted by Crippen LogP contribution is -2.33. The van der Waals surface area contributed by atoms with Crippen LogP contribution in [0.4, 0.5) is 4.79 Å². The van der Waals surface area contributed by atoms with Crippen molar-refractivity contribution in [3.05, 3.63) is 17.0 Å². The fraction of sp³-hybridized carbons (Fsp3) is 0.692. The Morgan fingerprint density at radius 2 is 2.22 bits per heavy atom. The standard InChI is InChI=1S/C13H22N4O/c1-8-12(9(2)17(3)16-8)11-5-4-10(6-11)7-15-13(14)18/h10-11H,4-7H2,1-3H3,(H3,14,15,18). The van der Waals surface area contributed by atoms with Gasteiger partial charge < -0.3 is 11.1 Å². The summed E-state index contributed by atoms with van der Waals surface area (Å²) in [5, 5.41) is 7.19. The topological polar surface area (TPSA) is 72.9 Å². The van der Waals surface area contributed by atoms with Crippen LogP contribution < -0.4 is 11.1 Å². The van der Waals surface area contributed by atoms with Crippen LogP contribution in [0.1, 0.15) is 42.1 Å². The molecule has 0 radical (unpaired) electrons. The van der Waals surface area contributed by atoms with Crippen LogP contribution in [0, 0.1) is 19.8 Å². The first kappa shape index (κ1) is 12.9. The number of rotatable bonds is 3. The lowest BCUT2D eigenvalue weighted by Gasteiger charge is -2.12. The van der Waals surface area contributed by atoms with Gasteiger partial charge in [-0.25, -0.2) is 4.79 Å². The van der Waals surface area contributed by atoms with E-state index < -0.39 is 6.03 Å². The van der Waals surface area contributed by atoms with Gasteiger partial charge in [0.15, 0.2) is 0 Å². The van der Waals surface area contributed by atoms with Crippen LogP contribution in [0.5, 0.6) is 0 Å². The normalized spacial score (nSPS) is 23.3. The molecule has 2 amide bonds. The van der Waals surface area contributed by atoms with E-state index in [0.29, 0.717) is 18.4 Å². The van der Waals surface area contributed by atoms with E-state index in [1.807, 2.05) is 11.7 Å². The van der Waals surface area contributed by atoms with Gasteiger partial charge in [0.2, 0.25) is 0 Å². The monoisotopic (exact) mass is 250 g/mol. The Morgan fingerprint density at radius 1 is 1.50 bits per heavy atom. The predicted octanol–water partition coefficient (Wildman–Crippen LogP) is 1.59. The highest BCUT2D eigenvalue weighted by Gasteiger charge is 2.29. The number of urea groups is 1. The Hall–Kier alpha value is -1.52. The first-order valence-electron chi connectivity index (χ1n) is 6.52. The zero-order valence-corrected chi connectivity index (χ0v) is 11.4. The fourth-order valence-corrected chi connectivity index (χ4v) is 3.15.